The highest BCUT2D eigenvalue weighted by molar-refractivity contribution is 9.10. The Morgan fingerprint density at radius 1 is 1.28 bits per heavy atom. The lowest BCUT2D eigenvalue weighted by molar-refractivity contribution is 0.423. The smallest absolute Gasteiger partial charge is 0.335 e. The molecule has 0 radical (unpaired) electrons. The first-order chi connectivity index (χ1) is 8.54. The third-order valence-electron chi connectivity index (χ3n) is 2.62. The predicted molar refractivity (Wildman–Crippen MR) is 71.4 cm³/mol. The Hall–Kier alpha value is -1.82. The van der Waals surface area contributed by atoms with Crippen molar-refractivity contribution in [2.24, 2.45) is 0 Å². The van der Waals surface area contributed by atoms with Crippen LogP contribution in [0.4, 0.5) is 0 Å². The number of hydrogen-bond acceptors (Lipinski definition) is 3. The molecule has 94 valence electrons. The topological polar surface area (TPSA) is 75.1 Å². The van der Waals surface area contributed by atoms with E-state index in [0.29, 0.717) is 12.1 Å². The number of benzene rings is 1. The Bertz CT molecular complexity index is 686. The molecule has 1 aromatic carbocycles. The zero-order valence-corrected chi connectivity index (χ0v) is 11.2. The summed E-state index contributed by atoms with van der Waals surface area (Å²) in [4.78, 5) is 25.4. The highest BCUT2D eigenvalue weighted by Gasteiger charge is 2.13. The molecule has 2 N–H and O–H groups in total. The van der Waals surface area contributed by atoms with Crippen LogP contribution in [0.15, 0.2) is 38.3 Å². The number of aromatic amines is 1. The first-order valence-electron chi connectivity index (χ1n) is 5.37. The van der Waals surface area contributed by atoms with Gasteiger partial charge in [0.15, 0.2) is 0 Å². The van der Waals surface area contributed by atoms with Gasteiger partial charge in [-0.25, -0.2) is 9.36 Å². The van der Waals surface area contributed by atoms with Crippen molar-refractivity contribution in [3.05, 3.63) is 55.1 Å². The summed E-state index contributed by atoms with van der Waals surface area (Å²) in [6.07, 6.45) is 0.345. The summed E-state index contributed by atoms with van der Waals surface area (Å²) >= 11 is 3.29. The lowest BCUT2D eigenvalue weighted by Crippen LogP contribution is -2.31. The maximum atomic E-state index is 11.8. The van der Waals surface area contributed by atoms with Gasteiger partial charge in [0.2, 0.25) is 5.88 Å². The summed E-state index contributed by atoms with van der Waals surface area (Å²) in [5.41, 5.74) is -0.519. The zero-order chi connectivity index (χ0) is 13.3. The molecule has 0 aliphatic rings. The van der Waals surface area contributed by atoms with Gasteiger partial charge in [-0.15, -0.1) is 0 Å². The molecule has 0 aliphatic heterocycles. The molecule has 0 spiro atoms. The highest BCUT2D eigenvalue weighted by Crippen LogP contribution is 2.18. The Morgan fingerprint density at radius 3 is 2.44 bits per heavy atom. The van der Waals surface area contributed by atoms with Crippen molar-refractivity contribution in [1.29, 1.82) is 0 Å². The highest BCUT2D eigenvalue weighted by atomic mass is 79.9. The largest absolute Gasteiger partial charge is 0.494 e. The van der Waals surface area contributed by atoms with Crippen molar-refractivity contribution in [3.63, 3.8) is 0 Å². The molecular formula is C12H11BrN2O3. The molecule has 0 saturated heterocycles. The number of H-pyrrole nitrogens is 1. The van der Waals surface area contributed by atoms with Crippen LogP contribution in [0.2, 0.25) is 0 Å². The molecule has 6 heteroatoms. The molecule has 1 heterocycles. The molecule has 0 aliphatic carbocycles. The maximum Gasteiger partial charge on any atom is 0.335 e. The van der Waals surface area contributed by atoms with Crippen molar-refractivity contribution in [2.45, 2.75) is 13.3 Å². The van der Waals surface area contributed by atoms with E-state index in [1.807, 2.05) is 0 Å². The van der Waals surface area contributed by atoms with E-state index >= 15 is 0 Å². The maximum absolute atomic E-state index is 11.8. The predicted octanol–water partition coefficient (Wildman–Crippen LogP) is 1.56. The molecule has 0 fully saturated rings. The summed E-state index contributed by atoms with van der Waals surface area (Å²) in [6.45, 7) is 1.74. The second-order valence-electron chi connectivity index (χ2n) is 3.73. The van der Waals surface area contributed by atoms with Crippen molar-refractivity contribution in [2.75, 3.05) is 0 Å². The van der Waals surface area contributed by atoms with E-state index in [1.165, 1.54) is 0 Å². The van der Waals surface area contributed by atoms with Gasteiger partial charge in [0.25, 0.3) is 5.56 Å². The van der Waals surface area contributed by atoms with E-state index in [-0.39, 0.29) is 11.4 Å². The van der Waals surface area contributed by atoms with Crippen LogP contribution in [-0.4, -0.2) is 14.7 Å². The molecule has 2 rings (SSSR count). The van der Waals surface area contributed by atoms with Crippen LogP contribution in [0, 0.1) is 0 Å². The first-order valence-corrected chi connectivity index (χ1v) is 6.17. The molecule has 0 bridgehead atoms. The van der Waals surface area contributed by atoms with Crippen LogP contribution in [0.5, 0.6) is 5.88 Å². The van der Waals surface area contributed by atoms with Crippen LogP contribution >= 0.6 is 15.9 Å². The summed E-state index contributed by atoms with van der Waals surface area (Å²) in [5.74, 6) is -0.312. The lowest BCUT2D eigenvalue weighted by Gasteiger charge is -2.10. The number of hydrogen-bond donors (Lipinski definition) is 2. The van der Waals surface area contributed by atoms with Crippen LogP contribution in [-0.2, 0) is 6.42 Å². The van der Waals surface area contributed by atoms with Gasteiger partial charge in [0.1, 0.15) is 0 Å². The van der Waals surface area contributed by atoms with Crippen LogP contribution < -0.4 is 11.2 Å². The summed E-state index contributed by atoms with van der Waals surface area (Å²) < 4.78 is 1.94. The van der Waals surface area contributed by atoms with Crippen LogP contribution in [0.25, 0.3) is 5.69 Å². The number of halogens is 1. The average molecular weight is 311 g/mol. The van der Waals surface area contributed by atoms with E-state index in [4.69, 9.17) is 0 Å². The van der Waals surface area contributed by atoms with Gasteiger partial charge >= 0.3 is 5.69 Å². The number of aromatic hydroxyl groups is 1. The average Bonchev–Trinajstić information content (AvgIpc) is 2.31. The molecule has 0 amide bonds. The van der Waals surface area contributed by atoms with Gasteiger partial charge in [-0.2, -0.15) is 0 Å². The van der Waals surface area contributed by atoms with Crippen molar-refractivity contribution < 1.29 is 5.11 Å². The minimum absolute atomic E-state index is 0.192. The summed E-state index contributed by atoms with van der Waals surface area (Å²) in [6, 6.07) is 6.84. The molecule has 0 saturated carbocycles. The van der Waals surface area contributed by atoms with E-state index < -0.39 is 11.2 Å². The fourth-order valence-electron chi connectivity index (χ4n) is 1.71. The fraction of sp³-hybridized carbons (Fsp3) is 0.167. The van der Waals surface area contributed by atoms with Gasteiger partial charge in [0, 0.05) is 4.47 Å². The third-order valence-corrected chi connectivity index (χ3v) is 3.15. The molecular weight excluding hydrogens is 300 g/mol. The number of nitrogens with one attached hydrogen (secondary N) is 1. The van der Waals surface area contributed by atoms with Gasteiger partial charge < -0.3 is 5.11 Å². The van der Waals surface area contributed by atoms with Crippen LogP contribution in [0.3, 0.4) is 0 Å². The number of aromatic nitrogens is 2. The molecule has 2 aromatic rings. The lowest BCUT2D eigenvalue weighted by atomic mass is 10.2. The van der Waals surface area contributed by atoms with Gasteiger partial charge in [0.05, 0.1) is 11.3 Å². The van der Waals surface area contributed by atoms with E-state index in [0.717, 1.165) is 9.04 Å². The minimum atomic E-state index is -0.656. The number of nitrogens with zero attached hydrogens (tertiary/aromatic N) is 1. The van der Waals surface area contributed by atoms with Crippen molar-refractivity contribution >= 4 is 15.9 Å². The second kappa shape index (κ2) is 4.81. The van der Waals surface area contributed by atoms with Crippen LogP contribution in [0.1, 0.15) is 12.5 Å². The number of rotatable bonds is 2. The molecule has 5 nitrogen and oxygen atoms in total. The quantitative estimate of drug-likeness (QED) is 0.884. The minimum Gasteiger partial charge on any atom is -0.494 e. The van der Waals surface area contributed by atoms with E-state index in [1.54, 1.807) is 31.2 Å². The van der Waals surface area contributed by atoms with E-state index in [2.05, 4.69) is 20.9 Å². The standard InChI is InChI=1S/C12H11BrN2O3/c1-2-9-10(16)14-12(18)15(11(9)17)8-5-3-7(13)4-6-8/h3-6,17H,2H2,1H3,(H,14,16,18). The van der Waals surface area contributed by atoms with Crippen molar-refractivity contribution in [3.8, 4) is 11.6 Å². The fourth-order valence-corrected chi connectivity index (χ4v) is 1.97. The molecule has 0 unspecified atom stereocenters. The van der Waals surface area contributed by atoms with Gasteiger partial charge in [-0.1, -0.05) is 22.9 Å². The first kappa shape index (κ1) is 12.6. The normalized spacial score (nSPS) is 10.6. The SMILES string of the molecule is CCc1c(O)n(-c2ccc(Br)cc2)c(=O)[nH]c1=O. The van der Waals surface area contributed by atoms with Gasteiger partial charge in [-0.05, 0) is 30.7 Å². The Morgan fingerprint density at radius 2 is 1.89 bits per heavy atom. The molecule has 0 atom stereocenters. The Labute approximate surface area is 111 Å². The monoisotopic (exact) mass is 310 g/mol. The molecule has 1 aromatic heterocycles. The Kier molecular flexibility index (Phi) is 3.38. The van der Waals surface area contributed by atoms with E-state index in [9.17, 15) is 14.7 Å². The van der Waals surface area contributed by atoms with Gasteiger partial charge in [-0.3, -0.25) is 9.78 Å². The Balaban J connectivity index is 2.75. The molecule has 18 heavy (non-hydrogen) atoms. The summed E-state index contributed by atoms with van der Waals surface area (Å²) in [5, 5.41) is 10.0. The van der Waals surface area contributed by atoms with Crippen molar-refractivity contribution in [1.82, 2.24) is 9.55 Å². The zero-order valence-electron chi connectivity index (χ0n) is 9.61. The second-order valence-corrected chi connectivity index (χ2v) is 4.64. The summed E-state index contributed by atoms with van der Waals surface area (Å²) in [7, 11) is 0. The third kappa shape index (κ3) is 2.11.